The number of pyridine rings is 1. The zero-order valence-electron chi connectivity index (χ0n) is 18.6. The van der Waals surface area contributed by atoms with Gasteiger partial charge >= 0.3 is 0 Å². The van der Waals surface area contributed by atoms with E-state index in [9.17, 15) is 13.2 Å². The van der Waals surface area contributed by atoms with Gasteiger partial charge in [-0.2, -0.15) is 0 Å². The maximum atomic E-state index is 13.1. The summed E-state index contributed by atoms with van der Waals surface area (Å²) in [6.45, 7) is 1.70. The standard InChI is InChI=1S/C23H22ClN3O6S/c1-13-16(24)5-4-6-20(13)34(29,30)27-23-19(10-15-11-21(28)25-22(15)26-23)33-12-14-7-8-17(31-2)18(9-14)32-3/h4-10H,11-12H2,1-3H3,(H2,25,26,27,28). The van der Waals surface area contributed by atoms with Crippen molar-refractivity contribution in [2.45, 2.75) is 24.8 Å². The van der Waals surface area contributed by atoms with E-state index in [0.29, 0.717) is 27.6 Å². The van der Waals surface area contributed by atoms with Crippen LogP contribution in [0.5, 0.6) is 17.2 Å². The highest BCUT2D eigenvalue weighted by Gasteiger charge is 2.26. The van der Waals surface area contributed by atoms with Gasteiger partial charge in [0.1, 0.15) is 12.4 Å². The smallest absolute Gasteiger partial charge is 0.263 e. The Bertz CT molecular complexity index is 1380. The first-order chi connectivity index (χ1) is 16.2. The SMILES string of the molecule is COc1ccc(COc2cc3c(nc2NS(=O)(=O)c2cccc(Cl)c2C)NC(=O)C3)cc1OC. The second-order valence-electron chi connectivity index (χ2n) is 7.51. The molecule has 0 saturated heterocycles. The van der Waals surface area contributed by atoms with Crippen molar-refractivity contribution in [2.24, 2.45) is 0 Å². The number of ether oxygens (including phenoxy) is 3. The van der Waals surface area contributed by atoms with Gasteiger partial charge in [0.15, 0.2) is 23.1 Å². The average Bonchev–Trinajstić information content (AvgIpc) is 3.17. The van der Waals surface area contributed by atoms with Gasteiger partial charge in [-0.15, -0.1) is 0 Å². The zero-order chi connectivity index (χ0) is 24.5. The molecular formula is C23H22ClN3O6S. The summed E-state index contributed by atoms with van der Waals surface area (Å²) in [6.07, 6.45) is 0.121. The molecule has 3 aromatic rings. The summed E-state index contributed by atoms with van der Waals surface area (Å²) in [5.41, 5.74) is 1.76. The summed E-state index contributed by atoms with van der Waals surface area (Å²) < 4.78 is 45.3. The van der Waals surface area contributed by atoms with Crippen LogP contribution in [0.4, 0.5) is 11.6 Å². The number of methoxy groups -OCH3 is 2. The number of benzene rings is 2. The fourth-order valence-electron chi connectivity index (χ4n) is 3.50. The van der Waals surface area contributed by atoms with E-state index in [4.69, 9.17) is 25.8 Å². The molecule has 4 rings (SSSR count). The third-order valence-electron chi connectivity index (χ3n) is 5.26. The molecule has 11 heteroatoms. The maximum absolute atomic E-state index is 13.1. The summed E-state index contributed by atoms with van der Waals surface area (Å²) >= 11 is 6.11. The molecular weight excluding hydrogens is 482 g/mol. The van der Waals surface area contributed by atoms with Crippen LogP contribution in [0, 0.1) is 6.92 Å². The third kappa shape index (κ3) is 4.73. The van der Waals surface area contributed by atoms with Gasteiger partial charge in [-0.1, -0.05) is 23.7 Å². The third-order valence-corrected chi connectivity index (χ3v) is 7.15. The van der Waals surface area contributed by atoms with E-state index >= 15 is 0 Å². The molecule has 0 unspecified atom stereocenters. The van der Waals surface area contributed by atoms with Crippen LogP contribution in [-0.4, -0.2) is 33.5 Å². The maximum Gasteiger partial charge on any atom is 0.263 e. The van der Waals surface area contributed by atoms with Crippen molar-refractivity contribution in [3.8, 4) is 17.2 Å². The molecule has 0 saturated carbocycles. The fraction of sp³-hybridized carbons (Fsp3) is 0.217. The minimum absolute atomic E-state index is 0.0113. The monoisotopic (exact) mass is 503 g/mol. The summed E-state index contributed by atoms with van der Waals surface area (Å²) in [4.78, 5) is 16.2. The Morgan fingerprint density at radius 2 is 1.85 bits per heavy atom. The number of fused-ring (bicyclic) bond motifs is 1. The Hall–Kier alpha value is -3.50. The molecule has 0 fully saturated rings. The van der Waals surface area contributed by atoms with E-state index < -0.39 is 10.0 Å². The van der Waals surface area contributed by atoms with Gasteiger partial charge in [-0.05, 0) is 48.4 Å². The van der Waals surface area contributed by atoms with Crippen LogP contribution in [0.2, 0.25) is 5.02 Å². The molecule has 0 atom stereocenters. The van der Waals surface area contributed by atoms with E-state index in [1.165, 1.54) is 13.2 Å². The summed E-state index contributed by atoms with van der Waals surface area (Å²) in [5, 5.41) is 2.94. The van der Waals surface area contributed by atoms with Crippen LogP contribution in [0.25, 0.3) is 0 Å². The molecule has 178 valence electrons. The zero-order valence-corrected chi connectivity index (χ0v) is 20.2. The number of nitrogens with one attached hydrogen (secondary N) is 2. The molecule has 9 nitrogen and oxygen atoms in total. The quantitative estimate of drug-likeness (QED) is 0.478. The highest BCUT2D eigenvalue weighted by Crippen LogP contribution is 2.35. The number of hydrogen-bond acceptors (Lipinski definition) is 7. The lowest BCUT2D eigenvalue weighted by molar-refractivity contribution is -0.115. The molecule has 0 bridgehead atoms. The molecule has 1 amide bonds. The lowest BCUT2D eigenvalue weighted by atomic mass is 10.2. The first kappa shape index (κ1) is 23.7. The number of rotatable bonds is 8. The number of hydrogen-bond donors (Lipinski definition) is 2. The highest BCUT2D eigenvalue weighted by atomic mass is 35.5. The van der Waals surface area contributed by atoms with Crippen molar-refractivity contribution >= 4 is 39.2 Å². The minimum Gasteiger partial charge on any atom is -0.493 e. The van der Waals surface area contributed by atoms with Gasteiger partial charge in [-0.3, -0.25) is 9.52 Å². The van der Waals surface area contributed by atoms with Crippen LogP contribution < -0.4 is 24.2 Å². The largest absolute Gasteiger partial charge is 0.493 e. The van der Waals surface area contributed by atoms with E-state index in [-0.39, 0.29) is 41.2 Å². The number of sulfonamides is 1. The van der Waals surface area contributed by atoms with Gasteiger partial charge < -0.3 is 19.5 Å². The van der Waals surface area contributed by atoms with Crippen LogP contribution in [0.3, 0.4) is 0 Å². The number of nitrogens with zero attached hydrogens (tertiary/aromatic N) is 1. The normalized spacial score (nSPS) is 12.6. The number of anilines is 2. The molecule has 2 aromatic carbocycles. The van der Waals surface area contributed by atoms with Crippen molar-refractivity contribution in [1.82, 2.24) is 4.98 Å². The van der Waals surface area contributed by atoms with Crippen molar-refractivity contribution < 1.29 is 27.4 Å². The molecule has 34 heavy (non-hydrogen) atoms. The first-order valence-corrected chi connectivity index (χ1v) is 12.0. The number of amides is 1. The Balaban J connectivity index is 1.67. The second-order valence-corrected chi connectivity index (χ2v) is 9.57. The number of carbonyl (C=O) groups excluding carboxylic acids is 1. The predicted molar refractivity (Wildman–Crippen MR) is 127 cm³/mol. The van der Waals surface area contributed by atoms with Crippen LogP contribution in [0.15, 0.2) is 47.4 Å². The Morgan fingerprint density at radius 3 is 2.59 bits per heavy atom. The van der Waals surface area contributed by atoms with Crippen molar-refractivity contribution in [2.75, 3.05) is 24.3 Å². The van der Waals surface area contributed by atoms with Gasteiger partial charge in [0.25, 0.3) is 10.0 Å². The molecule has 2 heterocycles. The lowest BCUT2D eigenvalue weighted by Gasteiger charge is -2.16. The molecule has 1 aliphatic rings. The molecule has 0 spiro atoms. The van der Waals surface area contributed by atoms with Crippen molar-refractivity contribution in [3.63, 3.8) is 0 Å². The van der Waals surface area contributed by atoms with E-state index in [2.05, 4.69) is 15.0 Å². The van der Waals surface area contributed by atoms with Crippen molar-refractivity contribution in [1.29, 1.82) is 0 Å². The highest BCUT2D eigenvalue weighted by molar-refractivity contribution is 7.92. The van der Waals surface area contributed by atoms with E-state index in [1.807, 2.05) is 0 Å². The average molecular weight is 504 g/mol. The Kier molecular flexibility index (Phi) is 6.54. The van der Waals surface area contributed by atoms with Gasteiger partial charge in [0.2, 0.25) is 5.91 Å². The van der Waals surface area contributed by atoms with Crippen LogP contribution in [0.1, 0.15) is 16.7 Å². The van der Waals surface area contributed by atoms with E-state index in [1.54, 1.807) is 50.4 Å². The molecule has 1 aromatic heterocycles. The topological polar surface area (TPSA) is 116 Å². The summed E-state index contributed by atoms with van der Waals surface area (Å²) in [7, 11) is -0.978. The Morgan fingerprint density at radius 1 is 1.09 bits per heavy atom. The van der Waals surface area contributed by atoms with E-state index in [0.717, 1.165) is 5.56 Å². The molecule has 2 N–H and O–H groups in total. The predicted octanol–water partition coefficient (Wildman–Crippen LogP) is 3.94. The van der Waals surface area contributed by atoms with Gasteiger partial charge in [0.05, 0.1) is 25.5 Å². The summed E-state index contributed by atoms with van der Waals surface area (Å²) in [6, 6.07) is 11.5. The van der Waals surface area contributed by atoms with Crippen molar-refractivity contribution in [3.05, 3.63) is 64.2 Å². The summed E-state index contributed by atoms with van der Waals surface area (Å²) in [5.74, 6) is 1.26. The minimum atomic E-state index is -4.05. The van der Waals surface area contributed by atoms with Gasteiger partial charge in [-0.25, -0.2) is 13.4 Å². The second kappa shape index (κ2) is 9.40. The Labute approximate surface area is 202 Å². The lowest BCUT2D eigenvalue weighted by Crippen LogP contribution is -2.17. The fourth-order valence-corrected chi connectivity index (χ4v) is 5.01. The number of halogens is 1. The molecule has 0 aliphatic carbocycles. The first-order valence-electron chi connectivity index (χ1n) is 10.2. The molecule has 1 aliphatic heterocycles. The van der Waals surface area contributed by atoms with Crippen LogP contribution in [-0.2, 0) is 27.8 Å². The molecule has 0 radical (unpaired) electrons. The number of carbonyl (C=O) groups is 1. The number of aromatic nitrogens is 1. The van der Waals surface area contributed by atoms with Crippen LogP contribution >= 0.6 is 11.6 Å². The van der Waals surface area contributed by atoms with Gasteiger partial charge in [0, 0.05) is 10.6 Å².